The molecule has 5 nitrogen and oxygen atoms in total. The maximum Gasteiger partial charge on any atom is 0.271 e. The van der Waals surface area contributed by atoms with E-state index < -0.39 is 45.2 Å². The van der Waals surface area contributed by atoms with Gasteiger partial charge in [-0.2, -0.15) is 0 Å². The fourth-order valence-corrected chi connectivity index (χ4v) is 1.73. The van der Waals surface area contributed by atoms with Gasteiger partial charge in [0, 0.05) is 23.8 Å². The van der Waals surface area contributed by atoms with Gasteiger partial charge in [0.1, 0.15) is 17.5 Å². The van der Waals surface area contributed by atoms with Gasteiger partial charge in [-0.25, -0.2) is 13.2 Å². The summed E-state index contributed by atoms with van der Waals surface area (Å²) in [6.45, 7) is 0. The van der Waals surface area contributed by atoms with E-state index in [-0.39, 0.29) is 0 Å². The lowest BCUT2D eigenvalue weighted by Gasteiger charge is -2.04. The van der Waals surface area contributed by atoms with E-state index in [1.54, 1.807) is 0 Å². The van der Waals surface area contributed by atoms with Crippen molar-refractivity contribution in [1.29, 1.82) is 0 Å². The van der Waals surface area contributed by atoms with Crippen LogP contribution >= 0.6 is 0 Å². The molecule has 0 spiro atoms. The molecule has 2 rings (SSSR count). The zero-order valence-corrected chi connectivity index (χ0v) is 11.4. The van der Waals surface area contributed by atoms with E-state index in [9.17, 15) is 28.1 Å². The molecule has 1 amide bonds. The van der Waals surface area contributed by atoms with Crippen molar-refractivity contribution in [2.45, 2.75) is 0 Å². The third-order valence-electron chi connectivity index (χ3n) is 2.82. The Hall–Kier alpha value is -3.16. The first kappa shape index (κ1) is 16.2. The van der Waals surface area contributed by atoms with Crippen LogP contribution in [0.25, 0.3) is 6.08 Å². The van der Waals surface area contributed by atoms with Gasteiger partial charge in [-0.3, -0.25) is 14.9 Å². The first-order valence-corrected chi connectivity index (χ1v) is 6.25. The molecular weight excluding hydrogens is 313 g/mol. The zero-order chi connectivity index (χ0) is 17.0. The van der Waals surface area contributed by atoms with Crippen LogP contribution in [-0.2, 0) is 4.79 Å². The molecule has 118 valence electrons. The van der Waals surface area contributed by atoms with Gasteiger partial charge in [0.2, 0.25) is 5.91 Å². The van der Waals surface area contributed by atoms with E-state index in [1.165, 1.54) is 6.07 Å². The van der Waals surface area contributed by atoms with E-state index >= 15 is 0 Å². The van der Waals surface area contributed by atoms with Crippen LogP contribution in [0.4, 0.5) is 24.5 Å². The number of nitrogens with zero attached hydrogens (tertiary/aromatic N) is 1. The Morgan fingerprint density at radius 3 is 2.35 bits per heavy atom. The summed E-state index contributed by atoms with van der Waals surface area (Å²) in [6, 6.07) is 5.80. The van der Waals surface area contributed by atoms with Crippen molar-refractivity contribution >= 4 is 23.4 Å². The third kappa shape index (κ3) is 3.94. The van der Waals surface area contributed by atoms with Crippen molar-refractivity contribution in [2.75, 3.05) is 5.32 Å². The van der Waals surface area contributed by atoms with E-state index in [0.29, 0.717) is 0 Å². The Balaban J connectivity index is 2.18. The lowest BCUT2D eigenvalue weighted by molar-refractivity contribution is -0.384. The van der Waals surface area contributed by atoms with Crippen molar-refractivity contribution in [3.63, 3.8) is 0 Å². The summed E-state index contributed by atoms with van der Waals surface area (Å²) in [4.78, 5) is 21.5. The maximum atomic E-state index is 13.5. The highest BCUT2D eigenvalue weighted by Crippen LogP contribution is 2.21. The standard InChI is InChI=1S/C15H9F3N2O3/c16-11-2-1-3-12(17)10(11)5-7-15(21)19-14-8-9(20(22)23)4-6-13(14)18/h1-8H,(H,19,21)/b7-5+. The molecule has 0 saturated carbocycles. The van der Waals surface area contributed by atoms with Crippen molar-refractivity contribution in [2.24, 2.45) is 0 Å². The highest BCUT2D eigenvalue weighted by atomic mass is 19.1. The average Bonchev–Trinajstić information content (AvgIpc) is 2.48. The number of non-ortho nitro benzene ring substituents is 1. The second-order valence-electron chi connectivity index (χ2n) is 4.38. The highest BCUT2D eigenvalue weighted by Gasteiger charge is 2.12. The number of nitro benzene ring substituents is 1. The van der Waals surface area contributed by atoms with Crippen LogP contribution in [0.2, 0.25) is 0 Å². The molecule has 0 aliphatic heterocycles. The summed E-state index contributed by atoms with van der Waals surface area (Å²) in [6.07, 6.45) is 1.68. The summed E-state index contributed by atoms with van der Waals surface area (Å²) in [5.41, 5.74) is -1.25. The molecule has 0 fully saturated rings. The lowest BCUT2D eigenvalue weighted by Crippen LogP contribution is -2.09. The summed E-state index contributed by atoms with van der Waals surface area (Å²) >= 11 is 0. The molecule has 0 saturated heterocycles. The summed E-state index contributed by atoms with van der Waals surface area (Å²) < 4.78 is 40.3. The summed E-state index contributed by atoms with van der Waals surface area (Å²) in [7, 11) is 0. The molecule has 2 aromatic rings. The number of nitrogens with one attached hydrogen (secondary N) is 1. The molecule has 0 atom stereocenters. The second kappa shape index (κ2) is 6.73. The van der Waals surface area contributed by atoms with E-state index in [1.807, 2.05) is 0 Å². The van der Waals surface area contributed by atoms with Crippen LogP contribution < -0.4 is 5.32 Å². The molecule has 0 bridgehead atoms. The van der Waals surface area contributed by atoms with Crippen LogP contribution in [-0.4, -0.2) is 10.8 Å². The number of benzene rings is 2. The molecule has 0 aromatic heterocycles. The minimum atomic E-state index is -0.896. The number of anilines is 1. The maximum absolute atomic E-state index is 13.5. The Kier molecular flexibility index (Phi) is 4.75. The Bertz CT molecular complexity index is 786. The molecule has 0 radical (unpaired) electrons. The average molecular weight is 322 g/mol. The van der Waals surface area contributed by atoms with Crippen LogP contribution in [0.5, 0.6) is 0 Å². The molecule has 0 unspecified atom stereocenters. The van der Waals surface area contributed by atoms with Gasteiger partial charge < -0.3 is 5.32 Å². The molecular formula is C15H9F3N2O3. The topological polar surface area (TPSA) is 72.2 Å². The second-order valence-corrected chi connectivity index (χ2v) is 4.38. The van der Waals surface area contributed by atoms with Crippen molar-refractivity contribution < 1.29 is 22.9 Å². The fourth-order valence-electron chi connectivity index (χ4n) is 1.73. The minimum Gasteiger partial charge on any atom is -0.320 e. The smallest absolute Gasteiger partial charge is 0.271 e. The number of carbonyl (C=O) groups is 1. The third-order valence-corrected chi connectivity index (χ3v) is 2.82. The summed E-state index contributed by atoms with van der Waals surface area (Å²) in [5, 5.41) is 12.7. The molecule has 0 aliphatic rings. The van der Waals surface area contributed by atoms with Gasteiger partial charge in [-0.15, -0.1) is 0 Å². The first-order valence-electron chi connectivity index (χ1n) is 6.25. The number of amides is 1. The number of rotatable bonds is 4. The number of hydrogen-bond donors (Lipinski definition) is 1. The van der Waals surface area contributed by atoms with Gasteiger partial charge in [0.25, 0.3) is 5.69 Å². The summed E-state index contributed by atoms with van der Waals surface area (Å²) in [5.74, 6) is -3.51. The van der Waals surface area contributed by atoms with Gasteiger partial charge in [0.05, 0.1) is 10.6 Å². The number of nitro groups is 1. The molecule has 8 heteroatoms. The molecule has 2 aromatic carbocycles. The predicted octanol–water partition coefficient (Wildman–Crippen LogP) is 3.66. The minimum absolute atomic E-state index is 0.411. The molecule has 23 heavy (non-hydrogen) atoms. The highest BCUT2D eigenvalue weighted by molar-refractivity contribution is 6.02. The van der Waals surface area contributed by atoms with Crippen LogP contribution in [0.3, 0.4) is 0 Å². The van der Waals surface area contributed by atoms with Gasteiger partial charge in [0.15, 0.2) is 0 Å². The van der Waals surface area contributed by atoms with Crippen LogP contribution in [0.15, 0.2) is 42.5 Å². The monoisotopic (exact) mass is 322 g/mol. The number of halogens is 3. The first-order chi connectivity index (χ1) is 10.9. The zero-order valence-electron chi connectivity index (χ0n) is 11.4. The van der Waals surface area contributed by atoms with E-state index in [4.69, 9.17) is 0 Å². The van der Waals surface area contributed by atoms with E-state index in [0.717, 1.165) is 42.5 Å². The van der Waals surface area contributed by atoms with Crippen molar-refractivity contribution in [1.82, 2.24) is 0 Å². The number of hydrogen-bond acceptors (Lipinski definition) is 3. The number of carbonyl (C=O) groups excluding carboxylic acids is 1. The van der Waals surface area contributed by atoms with Crippen LogP contribution in [0, 0.1) is 27.6 Å². The van der Waals surface area contributed by atoms with Gasteiger partial charge >= 0.3 is 0 Å². The lowest BCUT2D eigenvalue weighted by atomic mass is 10.2. The van der Waals surface area contributed by atoms with Gasteiger partial charge in [-0.05, 0) is 24.3 Å². The Labute approximate surface area is 128 Å². The SMILES string of the molecule is O=C(/C=C/c1c(F)cccc1F)Nc1cc([N+](=O)[O-])ccc1F. The molecule has 0 aliphatic carbocycles. The molecule has 0 heterocycles. The van der Waals surface area contributed by atoms with Crippen LogP contribution in [0.1, 0.15) is 5.56 Å². The molecule has 1 N–H and O–H groups in total. The Morgan fingerprint density at radius 2 is 1.74 bits per heavy atom. The van der Waals surface area contributed by atoms with Crippen molar-refractivity contribution in [3.8, 4) is 0 Å². The van der Waals surface area contributed by atoms with E-state index in [2.05, 4.69) is 5.32 Å². The quantitative estimate of drug-likeness (QED) is 0.530. The fraction of sp³-hybridized carbons (Fsp3) is 0. The normalized spacial score (nSPS) is 10.7. The van der Waals surface area contributed by atoms with Crippen molar-refractivity contribution in [3.05, 3.63) is 75.6 Å². The van der Waals surface area contributed by atoms with Gasteiger partial charge in [-0.1, -0.05) is 6.07 Å². The largest absolute Gasteiger partial charge is 0.320 e. The predicted molar refractivity (Wildman–Crippen MR) is 77.1 cm³/mol. The Morgan fingerprint density at radius 1 is 1.09 bits per heavy atom.